The van der Waals surface area contributed by atoms with Crippen LogP contribution in [0, 0.1) is 17.2 Å². The van der Waals surface area contributed by atoms with E-state index in [1.807, 2.05) is 13.0 Å². The molecule has 1 fully saturated rings. The number of rotatable bonds is 3. The SMILES string of the molecule is C=C(C)[C@H]1C[C@H](NC(=O)CC#N)C1. The van der Waals surface area contributed by atoms with Crippen LogP contribution in [0.25, 0.3) is 0 Å². The molecule has 3 nitrogen and oxygen atoms in total. The molecule has 0 aliphatic heterocycles. The molecule has 1 amide bonds. The zero-order valence-electron chi connectivity index (χ0n) is 7.84. The second kappa shape index (κ2) is 4.08. The second-order valence-electron chi connectivity index (χ2n) is 3.61. The van der Waals surface area contributed by atoms with Crippen molar-refractivity contribution in [2.24, 2.45) is 5.92 Å². The second-order valence-corrected chi connectivity index (χ2v) is 3.61. The molecule has 0 saturated heterocycles. The highest BCUT2D eigenvalue weighted by Crippen LogP contribution is 2.32. The van der Waals surface area contributed by atoms with Crippen LogP contribution >= 0.6 is 0 Å². The van der Waals surface area contributed by atoms with Crippen LogP contribution in [0.3, 0.4) is 0 Å². The molecule has 0 unspecified atom stereocenters. The van der Waals surface area contributed by atoms with Gasteiger partial charge in [-0.15, -0.1) is 0 Å². The van der Waals surface area contributed by atoms with E-state index in [1.54, 1.807) is 0 Å². The Kier molecular flexibility index (Phi) is 3.07. The Morgan fingerprint density at radius 2 is 2.31 bits per heavy atom. The van der Waals surface area contributed by atoms with Crippen molar-refractivity contribution in [1.82, 2.24) is 5.32 Å². The quantitative estimate of drug-likeness (QED) is 0.663. The molecule has 1 aliphatic rings. The van der Waals surface area contributed by atoms with Crippen molar-refractivity contribution in [2.75, 3.05) is 0 Å². The molecular formula is C10H14N2O. The van der Waals surface area contributed by atoms with Crippen LogP contribution in [0.4, 0.5) is 0 Å². The molecule has 3 heteroatoms. The maximum Gasteiger partial charge on any atom is 0.234 e. The third-order valence-corrected chi connectivity index (χ3v) is 2.44. The smallest absolute Gasteiger partial charge is 0.234 e. The predicted molar refractivity (Wildman–Crippen MR) is 49.7 cm³/mol. The number of nitrogens with one attached hydrogen (secondary N) is 1. The predicted octanol–water partition coefficient (Wildman–Crippen LogP) is 1.37. The van der Waals surface area contributed by atoms with Gasteiger partial charge in [0.25, 0.3) is 0 Å². The average Bonchev–Trinajstić information content (AvgIpc) is 1.95. The summed E-state index contributed by atoms with van der Waals surface area (Å²) in [5.41, 5.74) is 1.19. The van der Waals surface area contributed by atoms with Gasteiger partial charge in [0.15, 0.2) is 0 Å². The van der Waals surface area contributed by atoms with Crippen LogP contribution in [0.2, 0.25) is 0 Å². The van der Waals surface area contributed by atoms with E-state index < -0.39 is 0 Å². The molecule has 0 spiro atoms. The van der Waals surface area contributed by atoms with Gasteiger partial charge in [-0.05, 0) is 25.7 Å². The number of nitriles is 1. The standard InChI is InChI=1S/C10H14N2O/c1-7(2)8-5-9(6-8)12-10(13)3-4-11/h8-9H,1,3,5-6H2,2H3,(H,12,13)/t8-,9-. The van der Waals surface area contributed by atoms with Gasteiger partial charge in [-0.3, -0.25) is 4.79 Å². The van der Waals surface area contributed by atoms with E-state index in [0.717, 1.165) is 12.8 Å². The van der Waals surface area contributed by atoms with Gasteiger partial charge in [0.2, 0.25) is 5.91 Å². The van der Waals surface area contributed by atoms with Crippen molar-refractivity contribution in [3.63, 3.8) is 0 Å². The molecule has 0 atom stereocenters. The Morgan fingerprint density at radius 1 is 1.69 bits per heavy atom. The van der Waals surface area contributed by atoms with Gasteiger partial charge in [0, 0.05) is 6.04 Å². The van der Waals surface area contributed by atoms with E-state index in [9.17, 15) is 4.79 Å². The van der Waals surface area contributed by atoms with Crippen LogP contribution in [-0.2, 0) is 4.79 Å². The molecule has 1 rings (SSSR count). The lowest BCUT2D eigenvalue weighted by atomic mass is 9.76. The normalized spacial score (nSPS) is 25.5. The summed E-state index contributed by atoms with van der Waals surface area (Å²) < 4.78 is 0. The maximum atomic E-state index is 11.0. The summed E-state index contributed by atoms with van der Waals surface area (Å²) in [5.74, 6) is 0.403. The first-order chi connectivity index (χ1) is 6.13. The van der Waals surface area contributed by atoms with Crippen molar-refractivity contribution in [3.8, 4) is 6.07 Å². The summed E-state index contributed by atoms with van der Waals surface area (Å²) in [5, 5.41) is 11.1. The Balaban J connectivity index is 2.19. The molecule has 1 saturated carbocycles. The summed E-state index contributed by atoms with van der Waals surface area (Å²) in [6.07, 6.45) is 1.92. The van der Waals surface area contributed by atoms with E-state index in [1.165, 1.54) is 5.57 Å². The van der Waals surface area contributed by atoms with Gasteiger partial charge in [-0.2, -0.15) is 5.26 Å². The minimum Gasteiger partial charge on any atom is -0.352 e. The van der Waals surface area contributed by atoms with Crippen LogP contribution in [0.15, 0.2) is 12.2 Å². The molecule has 70 valence electrons. The molecule has 0 radical (unpaired) electrons. The number of allylic oxidation sites excluding steroid dienone is 1. The first-order valence-electron chi connectivity index (χ1n) is 4.45. The van der Waals surface area contributed by atoms with E-state index in [2.05, 4.69) is 11.9 Å². The third kappa shape index (κ3) is 2.59. The molecule has 0 aromatic rings. The van der Waals surface area contributed by atoms with Crippen molar-refractivity contribution < 1.29 is 4.79 Å². The average molecular weight is 178 g/mol. The Hall–Kier alpha value is -1.30. The van der Waals surface area contributed by atoms with Crippen LogP contribution in [-0.4, -0.2) is 11.9 Å². The number of carbonyl (C=O) groups excluding carboxylic acids is 1. The number of amides is 1. The highest BCUT2D eigenvalue weighted by molar-refractivity contribution is 5.78. The fourth-order valence-corrected chi connectivity index (χ4v) is 1.49. The highest BCUT2D eigenvalue weighted by atomic mass is 16.1. The first-order valence-corrected chi connectivity index (χ1v) is 4.45. The van der Waals surface area contributed by atoms with Crippen LogP contribution in [0.5, 0.6) is 0 Å². The summed E-state index contributed by atoms with van der Waals surface area (Å²) in [4.78, 5) is 11.0. The summed E-state index contributed by atoms with van der Waals surface area (Å²) in [6, 6.07) is 2.09. The summed E-state index contributed by atoms with van der Waals surface area (Å²) in [7, 11) is 0. The van der Waals surface area contributed by atoms with Crippen molar-refractivity contribution in [3.05, 3.63) is 12.2 Å². The van der Waals surface area contributed by atoms with Crippen LogP contribution < -0.4 is 5.32 Å². The maximum absolute atomic E-state index is 11.0. The fourth-order valence-electron chi connectivity index (χ4n) is 1.49. The number of hydrogen-bond donors (Lipinski definition) is 1. The zero-order chi connectivity index (χ0) is 9.84. The topological polar surface area (TPSA) is 52.9 Å². The molecule has 0 aromatic heterocycles. The molecule has 0 aromatic carbocycles. The van der Waals surface area contributed by atoms with Gasteiger partial charge < -0.3 is 5.32 Å². The van der Waals surface area contributed by atoms with Gasteiger partial charge >= 0.3 is 0 Å². The molecule has 1 N–H and O–H groups in total. The lowest BCUT2D eigenvalue weighted by Gasteiger charge is -2.36. The van der Waals surface area contributed by atoms with Crippen molar-refractivity contribution in [1.29, 1.82) is 5.26 Å². The number of nitrogens with zero attached hydrogens (tertiary/aromatic N) is 1. The van der Waals surface area contributed by atoms with Gasteiger partial charge in [-0.25, -0.2) is 0 Å². The number of hydrogen-bond acceptors (Lipinski definition) is 2. The fraction of sp³-hybridized carbons (Fsp3) is 0.600. The summed E-state index contributed by atoms with van der Waals surface area (Å²) in [6.45, 7) is 5.87. The van der Waals surface area contributed by atoms with Crippen LogP contribution in [0.1, 0.15) is 26.2 Å². The largest absolute Gasteiger partial charge is 0.352 e. The van der Waals surface area contributed by atoms with Gasteiger partial charge in [-0.1, -0.05) is 12.2 Å². The summed E-state index contributed by atoms with van der Waals surface area (Å²) >= 11 is 0. The van der Waals surface area contributed by atoms with E-state index in [0.29, 0.717) is 5.92 Å². The first kappa shape index (κ1) is 9.79. The minimum absolute atomic E-state index is 0.0335. The van der Waals surface area contributed by atoms with Crippen molar-refractivity contribution in [2.45, 2.75) is 32.2 Å². The third-order valence-electron chi connectivity index (χ3n) is 2.44. The molecule has 13 heavy (non-hydrogen) atoms. The molecule has 0 heterocycles. The number of carbonyl (C=O) groups is 1. The molecule has 0 bridgehead atoms. The van der Waals surface area contributed by atoms with E-state index in [-0.39, 0.29) is 18.4 Å². The van der Waals surface area contributed by atoms with Gasteiger partial charge in [0.05, 0.1) is 6.07 Å². The van der Waals surface area contributed by atoms with E-state index >= 15 is 0 Å². The Bertz CT molecular complexity index is 259. The molecular weight excluding hydrogens is 164 g/mol. The zero-order valence-corrected chi connectivity index (χ0v) is 7.84. The van der Waals surface area contributed by atoms with E-state index in [4.69, 9.17) is 5.26 Å². The lowest BCUT2D eigenvalue weighted by molar-refractivity contribution is -0.121. The molecule has 1 aliphatic carbocycles. The lowest BCUT2D eigenvalue weighted by Crippen LogP contribution is -2.44. The monoisotopic (exact) mass is 178 g/mol. The van der Waals surface area contributed by atoms with Crippen molar-refractivity contribution >= 4 is 5.91 Å². The Morgan fingerprint density at radius 3 is 2.77 bits per heavy atom. The highest BCUT2D eigenvalue weighted by Gasteiger charge is 2.30. The minimum atomic E-state index is -0.160. The Labute approximate surface area is 78.4 Å². The van der Waals surface area contributed by atoms with Gasteiger partial charge in [0.1, 0.15) is 6.42 Å².